The highest BCUT2D eigenvalue weighted by atomic mass is 32.2. The van der Waals surface area contributed by atoms with E-state index >= 15 is 0 Å². The predicted octanol–water partition coefficient (Wildman–Crippen LogP) is 1.58. The molecule has 0 aromatic heterocycles. The minimum Gasteiger partial charge on any atom is -0.303 e. The van der Waals surface area contributed by atoms with Crippen molar-refractivity contribution in [1.29, 1.82) is 0 Å². The highest BCUT2D eigenvalue weighted by molar-refractivity contribution is 7.89. The largest absolute Gasteiger partial charge is 0.303 e. The summed E-state index contributed by atoms with van der Waals surface area (Å²) in [7, 11) is -3.94. The van der Waals surface area contributed by atoms with Crippen LogP contribution < -0.4 is 4.72 Å². The fraction of sp³-hybridized carbons (Fsp3) is 0.500. The summed E-state index contributed by atoms with van der Waals surface area (Å²) in [4.78, 5) is 1.50. The molecule has 0 saturated carbocycles. The number of likely N-dealkylation sites (N-methyl/N-ethyl adjacent to an activating group) is 1. The van der Waals surface area contributed by atoms with Crippen LogP contribution in [0.1, 0.15) is 13.8 Å². The summed E-state index contributed by atoms with van der Waals surface area (Å²) >= 11 is 0. The van der Waals surface area contributed by atoms with Crippen molar-refractivity contribution in [2.45, 2.75) is 18.7 Å². The monoisotopic (exact) mass is 292 g/mol. The lowest BCUT2D eigenvalue weighted by Gasteiger charge is -2.18. The highest BCUT2D eigenvalue weighted by Gasteiger charge is 2.19. The Morgan fingerprint density at radius 2 is 1.84 bits per heavy atom. The van der Waals surface area contributed by atoms with Gasteiger partial charge in [-0.2, -0.15) is 0 Å². The summed E-state index contributed by atoms with van der Waals surface area (Å²) in [5.41, 5.74) is 0. The predicted molar refractivity (Wildman–Crippen MR) is 69.3 cm³/mol. The van der Waals surface area contributed by atoms with Gasteiger partial charge in [0, 0.05) is 19.2 Å². The number of nitrogens with zero attached hydrogens (tertiary/aromatic N) is 1. The first-order valence-corrected chi connectivity index (χ1v) is 7.56. The van der Waals surface area contributed by atoms with Gasteiger partial charge in [-0.05, 0) is 25.2 Å². The Kier molecular flexibility index (Phi) is 5.84. The molecular formula is C12H18F2N2O2S. The fourth-order valence-corrected chi connectivity index (χ4v) is 2.73. The van der Waals surface area contributed by atoms with Gasteiger partial charge in [-0.25, -0.2) is 21.9 Å². The van der Waals surface area contributed by atoms with E-state index in [9.17, 15) is 17.2 Å². The number of hydrogen-bond donors (Lipinski definition) is 1. The van der Waals surface area contributed by atoms with E-state index in [2.05, 4.69) is 4.72 Å². The molecule has 19 heavy (non-hydrogen) atoms. The standard InChI is InChI=1S/C12H18F2N2O2S/c1-3-16(4-2)8-7-15-19(17,18)12-6-5-10(13)9-11(12)14/h5-6,9,15H,3-4,7-8H2,1-2H3. The Hall–Kier alpha value is -1.05. The van der Waals surface area contributed by atoms with Gasteiger partial charge in [0.2, 0.25) is 10.0 Å². The Morgan fingerprint density at radius 3 is 2.37 bits per heavy atom. The van der Waals surface area contributed by atoms with Crippen molar-refractivity contribution in [3.05, 3.63) is 29.8 Å². The topological polar surface area (TPSA) is 49.4 Å². The van der Waals surface area contributed by atoms with E-state index in [0.717, 1.165) is 25.2 Å². The second-order valence-corrected chi connectivity index (χ2v) is 5.73. The molecule has 1 aromatic rings. The molecule has 0 unspecified atom stereocenters. The van der Waals surface area contributed by atoms with Crippen molar-refractivity contribution < 1.29 is 17.2 Å². The smallest absolute Gasteiger partial charge is 0.243 e. The van der Waals surface area contributed by atoms with E-state index in [1.54, 1.807) is 0 Å². The first-order chi connectivity index (χ1) is 8.90. The lowest BCUT2D eigenvalue weighted by molar-refractivity contribution is 0.309. The quantitative estimate of drug-likeness (QED) is 0.830. The van der Waals surface area contributed by atoms with Crippen LogP contribution in [0, 0.1) is 11.6 Å². The molecule has 0 radical (unpaired) electrons. The number of nitrogens with one attached hydrogen (secondary N) is 1. The van der Waals surface area contributed by atoms with Gasteiger partial charge in [-0.1, -0.05) is 13.8 Å². The minimum absolute atomic E-state index is 0.181. The lowest BCUT2D eigenvalue weighted by atomic mass is 10.3. The molecule has 4 nitrogen and oxygen atoms in total. The molecule has 0 fully saturated rings. The van der Waals surface area contributed by atoms with Crippen LogP contribution >= 0.6 is 0 Å². The fourth-order valence-electron chi connectivity index (χ4n) is 1.65. The van der Waals surface area contributed by atoms with E-state index in [0.29, 0.717) is 12.6 Å². The summed E-state index contributed by atoms with van der Waals surface area (Å²) in [5, 5.41) is 0. The molecule has 0 aliphatic rings. The summed E-state index contributed by atoms with van der Waals surface area (Å²) < 4.78 is 52.1. The number of sulfonamides is 1. The summed E-state index contributed by atoms with van der Waals surface area (Å²) in [6, 6.07) is 2.39. The molecule has 0 aliphatic carbocycles. The first-order valence-electron chi connectivity index (χ1n) is 6.07. The van der Waals surface area contributed by atoms with Crippen LogP contribution in [0.15, 0.2) is 23.1 Å². The lowest BCUT2D eigenvalue weighted by Crippen LogP contribution is -2.35. The van der Waals surface area contributed by atoms with Crippen LogP contribution in [-0.4, -0.2) is 39.5 Å². The van der Waals surface area contributed by atoms with E-state index in [-0.39, 0.29) is 6.54 Å². The van der Waals surface area contributed by atoms with Crippen molar-refractivity contribution in [3.8, 4) is 0 Å². The zero-order valence-corrected chi connectivity index (χ0v) is 11.8. The van der Waals surface area contributed by atoms with E-state index < -0.39 is 26.6 Å². The number of halogens is 2. The summed E-state index contributed by atoms with van der Waals surface area (Å²) in [6.07, 6.45) is 0. The Bertz CT molecular complexity index is 516. The van der Waals surface area contributed by atoms with E-state index in [1.807, 2.05) is 18.7 Å². The van der Waals surface area contributed by atoms with Gasteiger partial charge in [-0.15, -0.1) is 0 Å². The first kappa shape index (κ1) is 16.0. The van der Waals surface area contributed by atoms with Gasteiger partial charge in [0.25, 0.3) is 0 Å². The normalized spacial score (nSPS) is 12.1. The third kappa shape index (κ3) is 4.52. The number of rotatable bonds is 7. The van der Waals surface area contributed by atoms with Crippen LogP contribution in [0.2, 0.25) is 0 Å². The Morgan fingerprint density at radius 1 is 1.21 bits per heavy atom. The minimum atomic E-state index is -3.94. The van der Waals surface area contributed by atoms with Crippen molar-refractivity contribution in [1.82, 2.24) is 9.62 Å². The molecule has 108 valence electrons. The number of hydrogen-bond acceptors (Lipinski definition) is 3. The molecule has 0 atom stereocenters. The van der Waals surface area contributed by atoms with E-state index in [1.165, 1.54) is 0 Å². The van der Waals surface area contributed by atoms with Crippen LogP contribution in [0.25, 0.3) is 0 Å². The van der Waals surface area contributed by atoms with Gasteiger partial charge >= 0.3 is 0 Å². The molecule has 0 heterocycles. The molecule has 1 rings (SSSR count). The van der Waals surface area contributed by atoms with Gasteiger partial charge in [0.15, 0.2) is 0 Å². The van der Waals surface area contributed by atoms with Crippen molar-refractivity contribution in [3.63, 3.8) is 0 Å². The third-order valence-electron chi connectivity index (χ3n) is 2.80. The average molecular weight is 292 g/mol. The summed E-state index contributed by atoms with van der Waals surface area (Å²) in [5.74, 6) is -1.89. The Balaban J connectivity index is 2.71. The van der Waals surface area contributed by atoms with Gasteiger partial charge < -0.3 is 4.90 Å². The maximum absolute atomic E-state index is 13.4. The SMILES string of the molecule is CCN(CC)CCNS(=O)(=O)c1ccc(F)cc1F. The summed E-state index contributed by atoms with van der Waals surface area (Å²) in [6.45, 7) is 6.28. The van der Waals surface area contributed by atoms with Crippen LogP contribution in [0.4, 0.5) is 8.78 Å². The molecular weight excluding hydrogens is 274 g/mol. The highest BCUT2D eigenvalue weighted by Crippen LogP contribution is 2.14. The van der Waals surface area contributed by atoms with Crippen LogP contribution in [0.3, 0.4) is 0 Å². The maximum atomic E-state index is 13.4. The zero-order chi connectivity index (χ0) is 14.5. The second kappa shape index (κ2) is 6.93. The molecule has 7 heteroatoms. The zero-order valence-electron chi connectivity index (χ0n) is 11.0. The molecule has 0 spiro atoms. The van der Waals surface area contributed by atoms with Crippen molar-refractivity contribution in [2.75, 3.05) is 26.2 Å². The molecule has 0 saturated heterocycles. The molecule has 0 bridgehead atoms. The average Bonchev–Trinajstić information content (AvgIpc) is 2.34. The van der Waals surface area contributed by atoms with Crippen molar-refractivity contribution >= 4 is 10.0 Å². The molecule has 1 N–H and O–H groups in total. The van der Waals surface area contributed by atoms with Gasteiger partial charge in [0.1, 0.15) is 16.5 Å². The third-order valence-corrected chi connectivity index (χ3v) is 4.29. The van der Waals surface area contributed by atoms with Crippen LogP contribution in [0.5, 0.6) is 0 Å². The maximum Gasteiger partial charge on any atom is 0.243 e. The van der Waals surface area contributed by atoms with Crippen LogP contribution in [-0.2, 0) is 10.0 Å². The van der Waals surface area contributed by atoms with Gasteiger partial charge in [0.05, 0.1) is 0 Å². The molecule has 0 amide bonds. The Labute approximate surface area is 112 Å². The van der Waals surface area contributed by atoms with Crippen molar-refractivity contribution in [2.24, 2.45) is 0 Å². The molecule has 0 aliphatic heterocycles. The van der Waals surface area contributed by atoms with E-state index in [4.69, 9.17) is 0 Å². The number of benzene rings is 1. The second-order valence-electron chi connectivity index (χ2n) is 4.00. The molecule has 1 aromatic carbocycles. The van der Waals surface area contributed by atoms with Gasteiger partial charge in [-0.3, -0.25) is 0 Å².